The number of fused-ring (bicyclic) bond motifs is 2. The molecule has 1 saturated carbocycles. The van der Waals surface area contributed by atoms with Crippen molar-refractivity contribution in [3.63, 3.8) is 0 Å². The Bertz CT molecular complexity index is 1330. The quantitative estimate of drug-likeness (QED) is 0.559. The van der Waals surface area contributed by atoms with Crippen molar-refractivity contribution in [3.8, 4) is 0 Å². The van der Waals surface area contributed by atoms with Crippen LogP contribution < -0.4 is 16.5 Å². The predicted molar refractivity (Wildman–Crippen MR) is 125 cm³/mol. The molecule has 3 aliphatic heterocycles. The van der Waals surface area contributed by atoms with Gasteiger partial charge in [0.2, 0.25) is 5.91 Å². The first kappa shape index (κ1) is 22.6. The van der Waals surface area contributed by atoms with Gasteiger partial charge < -0.3 is 11.1 Å². The van der Waals surface area contributed by atoms with Crippen molar-refractivity contribution < 1.29 is 18.0 Å². The third-order valence-electron chi connectivity index (χ3n) is 6.75. The number of nitrogens with zero attached hydrogens (tertiary/aromatic N) is 6. The van der Waals surface area contributed by atoms with E-state index in [9.17, 15) is 18.0 Å². The second kappa shape index (κ2) is 8.08. The van der Waals surface area contributed by atoms with Crippen molar-refractivity contribution in [1.82, 2.24) is 25.4 Å². The van der Waals surface area contributed by atoms with Gasteiger partial charge in [-0.3, -0.25) is 14.8 Å². The van der Waals surface area contributed by atoms with Crippen LogP contribution in [0.1, 0.15) is 49.2 Å². The Morgan fingerprint density at radius 2 is 2.06 bits per heavy atom. The molecule has 4 N–H and O–H groups in total. The van der Waals surface area contributed by atoms with E-state index in [1.807, 2.05) is 6.07 Å². The van der Waals surface area contributed by atoms with Crippen LogP contribution in [-0.4, -0.2) is 50.3 Å². The molecule has 10 nitrogen and oxygen atoms in total. The molecule has 1 aliphatic carbocycles. The molecule has 5 heterocycles. The highest BCUT2D eigenvalue weighted by molar-refractivity contribution is 6.43. The fourth-order valence-electron chi connectivity index (χ4n) is 5.10. The minimum atomic E-state index is -4.25. The number of halogens is 3. The molecule has 1 unspecified atom stereocenters. The summed E-state index contributed by atoms with van der Waals surface area (Å²) in [6, 6.07) is 5.42. The van der Waals surface area contributed by atoms with Crippen LogP contribution in [0.3, 0.4) is 0 Å². The minimum absolute atomic E-state index is 0.0325. The standard InChI is InChI=1S/C23H22F3N9O/c24-22(25,26)8-3-4-13-20-29-11-30-35(20)10-14(31-13)18-32-17(27)16-19(33-18)34-21(36)23(16,12-6-7-12)15-5-1-2-9-28-15/h1-2,5,9-10,12,30H,3-4,6-8,11H2,(H3,27,32,33,34,36). The van der Waals surface area contributed by atoms with Crippen LogP contribution in [0.25, 0.3) is 5.70 Å². The van der Waals surface area contributed by atoms with Crippen LogP contribution in [0.15, 0.2) is 40.6 Å². The molecular weight excluding hydrogens is 475 g/mol. The zero-order valence-corrected chi connectivity index (χ0v) is 19.0. The first-order valence-electron chi connectivity index (χ1n) is 11.6. The number of hydrogen-bond donors (Lipinski definition) is 3. The number of aliphatic imine (C=N–C) groups is 2. The molecule has 0 bridgehead atoms. The van der Waals surface area contributed by atoms with E-state index in [0.717, 1.165) is 12.8 Å². The average Bonchev–Trinajstić information content (AvgIpc) is 3.48. The maximum absolute atomic E-state index is 13.4. The molecule has 2 aromatic rings. The van der Waals surface area contributed by atoms with Gasteiger partial charge in [0, 0.05) is 12.6 Å². The fourth-order valence-corrected chi connectivity index (χ4v) is 5.10. The maximum Gasteiger partial charge on any atom is 0.389 e. The first-order chi connectivity index (χ1) is 17.3. The maximum atomic E-state index is 13.4. The highest BCUT2D eigenvalue weighted by Crippen LogP contribution is 2.57. The lowest BCUT2D eigenvalue weighted by Gasteiger charge is -2.27. The fraction of sp³-hybridized carbons (Fsp3) is 0.391. The van der Waals surface area contributed by atoms with Crippen LogP contribution in [0.2, 0.25) is 0 Å². The lowest BCUT2D eigenvalue weighted by molar-refractivity contribution is -0.135. The number of aromatic nitrogens is 3. The Hall–Kier alpha value is -3.87. The third kappa shape index (κ3) is 3.61. The lowest BCUT2D eigenvalue weighted by Crippen LogP contribution is -2.39. The molecule has 1 amide bonds. The highest BCUT2D eigenvalue weighted by atomic mass is 19.4. The summed E-state index contributed by atoms with van der Waals surface area (Å²) in [6.07, 6.45) is -0.259. The van der Waals surface area contributed by atoms with Crippen molar-refractivity contribution in [2.24, 2.45) is 15.9 Å². The number of nitrogens with one attached hydrogen (secondary N) is 2. The molecule has 0 spiro atoms. The largest absolute Gasteiger partial charge is 0.389 e. The number of pyridine rings is 1. The second-order valence-corrected chi connectivity index (χ2v) is 9.12. The highest BCUT2D eigenvalue weighted by Gasteiger charge is 2.60. The van der Waals surface area contributed by atoms with Gasteiger partial charge in [-0.25, -0.2) is 25.4 Å². The molecular formula is C23H22F3N9O. The Morgan fingerprint density at radius 1 is 1.22 bits per heavy atom. The molecule has 4 aliphatic rings. The van der Waals surface area contributed by atoms with Crippen LogP contribution in [0.4, 0.5) is 24.8 Å². The number of amidine groups is 1. The molecule has 13 heteroatoms. The number of amides is 1. The van der Waals surface area contributed by atoms with E-state index in [1.165, 1.54) is 0 Å². The van der Waals surface area contributed by atoms with Crippen LogP contribution >= 0.6 is 0 Å². The van der Waals surface area contributed by atoms with Gasteiger partial charge in [-0.05, 0) is 43.7 Å². The van der Waals surface area contributed by atoms with Gasteiger partial charge in [0.25, 0.3) is 0 Å². The van der Waals surface area contributed by atoms with Gasteiger partial charge in [0.05, 0.1) is 23.2 Å². The average molecular weight is 497 g/mol. The van der Waals surface area contributed by atoms with Gasteiger partial charge >= 0.3 is 6.18 Å². The van der Waals surface area contributed by atoms with E-state index in [2.05, 4.69) is 35.7 Å². The Morgan fingerprint density at radius 3 is 2.78 bits per heavy atom. The number of anilines is 2. The van der Waals surface area contributed by atoms with E-state index in [0.29, 0.717) is 34.3 Å². The van der Waals surface area contributed by atoms with E-state index in [-0.39, 0.29) is 43.0 Å². The van der Waals surface area contributed by atoms with Crippen molar-refractivity contribution in [3.05, 3.63) is 47.7 Å². The van der Waals surface area contributed by atoms with E-state index < -0.39 is 18.0 Å². The summed E-state index contributed by atoms with van der Waals surface area (Å²) < 4.78 is 38.1. The molecule has 186 valence electrons. The summed E-state index contributed by atoms with van der Waals surface area (Å²) >= 11 is 0. The number of hydrazine groups is 1. The van der Waals surface area contributed by atoms with E-state index in [1.54, 1.807) is 29.5 Å². The lowest BCUT2D eigenvalue weighted by atomic mass is 9.74. The number of carbonyl (C=O) groups excluding carboxylic acids is 1. The van der Waals surface area contributed by atoms with Crippen molar-refractivity contribution in [2.45, 2.75) is 43.7 Å². The topological polar surface area (TPSA) is 134 Å². The summed E-state index contributed by atoms with van der Waals surface area (Å²) in [6.45, 7) is 0.272. The zero-order valence-electron chi connectivity index (χ0n) is 19.0. The second-order valence-electron chi connectivity index (χ2n) is 9.12. The minimum Gasteiger partial charge on any atom is -0.383 e. The first-order valence-corrected chi connectivity index (χ1v) is 11.6. The molecule has 1 atom stereocenters. The number of nitrogen functional groups attached to an aromatic ring is 1. The number of rotatable bonds is 6. The van der Waals surface area contributed by atoms with Crippen LogP contribution in [0.5, 0.6) is 0 Å². The third-order valence-corrected chi connectivity index (χ3v) is 6.75. The van der Waals surface area contributed by atoms with Gasteiger partial charge in [-0.1, -0.05) is 6.07 Å². The molecule has 1 fully saturated rings. The smallest absolute Gasteiger partial charge is 0.383 e. The summed E-state index contributed by atoms with van der Waals surface area (Å²) in [7, 11) is 0. The van der Waals surface area contributed by atoms with Crippen LogP contribution in [-0.2, 0) is 10.2 Å². The normalized spacial score (nSPS) is 23.0. The Balaban J connectivity index is 1.39. The Labute approximate surface area is 203 Å². The number of alkyl halides is 3. The van der Waals surface area contributed by atoms with Gasteiger partial charge in [-0.2, -0.15) is 13.2 Å². The summed E-state index contributed by atoms with van der Waals surface area (Å²) in [5, 5.41) is 4.47. The van der Waals surface area contributed by atoms with Crippen molar-refractivity contribution >= 4 is 34.8 Å². The van der Waals surface area contributed by atoms with Crippen molar-refractivity contribution in [2.75, 3.05) is 17.7 Å². The summed E-state index contributed by atoms with van der Waals surface area (Å²) in [4.78, 5) is 35.8. The Kier molecular flexibility index (Phi) is 5.07. The predicted octanol–water partition coefficient (Wildman–Crippen LogP) is 2.76. The molecule has 6 rings (SSSR count). The van der Waals surface area contributed by atoms with Gasteiger partial charge in [0.1, 0.15) is 29.4 Å². The molecule has 36 heavy (non-hydrogen) atoms. The SMILES string of the molecule is Nc1nc(C2=CN3NCN=C3C(CCCC(F)(F)F)=N2)nc2c1C(c1ccccn1)(C1CC1)C(=O)N2. The van der Waals surface area contributed by atoms with E-state index >= 15 is 0 Å². The summed E-state index contributed by atoms with van der Waals surface area (Å²) in [5.41, 5.74) is 10.2. The van der Waals surface area contributed by atoms with Crippen LogP contribution in [0, 0.1) is 5.92 Å². The van der Waals surface area contributed by atoms with Crippen molar-refractivity contribution in [1.29, 1.82) is 0 Å². The molecule has 2 aromatic heterocycles. The van der Waals surface area contributed by atoms with Gasteiger partial charge in [-0.15, -0.1) is 0 Å². The molecule has 0 saturated heterocycles. The zero-order chi connectivity index (χ0) is 25.1. The number of nitrogens with two attached hydrogens (primary N) is 1. The number of carbonyl (C=O) groups is 1. The summed E-state index contributed by atoms with van der Waals surface area (Å²) in [5.74, 6) is 0.830. The monoisotopic (exact) mass is 497 g/mol. The van der Waals surface area contributed by atoms with E-state index in [4.69, 9.17) is 5.73 Å². The van der Waals surface area contributed by atoms with Gasteiger partial charge in [0.15, 0.2) is 11.7 Å². The number of hydrogen-bond acceptors (Lipinski definition) is 9. The molecule has 0 radical (unpaired) electrons. The molecule has 0 aromatic carbocycles.